The normalized spacial score (nSPS) is 12.2. The second kappa shape index (κ2) is 12.9. The first kappa shape index (κ1) is 23.7. The molecule has 1 aromatic heterocycles. The molecule has 6 heteroatoms. The van der Waals surface area contributed by atoms with Crippen LogP contribution in [0.25, 0.3) is 0 Å². The van der Waals surface area contributed by atoms with Crippen LogP contribution in [0.1, 0.15) is 45.4 Å². The van der Waals surface area contributed by atoms with Crippen LogP contribution in [0.4, 0.5) is 0 Å². The Morgan fingerprint density at radius 1 is 1.21 bits per heavy atom. The molecule has 24 heavy (non-hydrogen) atoms. The Morgan fingerprint density at radius 2 is 1.92 bits per heavy atom. The van der Waals surface area contributed by atoms with Crippen LogP contribution in [0, 0.1) is 0 Å². The van der Waals surface area contributed by atoms with Gasteiger partial charge in [0.15, 0.2) is 5.96 Å². The monoisotopic (exact) mass is 466 g/mol. The molecule has 2 N–H and O–H groups in total. The topological polar surface area (TPSA) is 39.7 Å². The molecular weight excluding hydrogens is 431 g/mol. The molecule has 0 radical (unpaired) electrons. The maximum Gasteiger partial charge on any atom is 0.191 e. The number of rotatable bonds is 10. The van der Waals surface area contributed by atoms with Gasteiger partial charge in [-0.25, -0.2) is 0 Å². The Labute approximate surface area is 169 Å². The zero-order chi connectivity index (χ0) is 17.1. The van der Waals surface area contributed by atoms with Crippen molar-refractivity contribution in [1.82, 2.24) is 15.5 Å². The van der Waals surface area contributed by atoms with Crippen LogP contribution in [-0.4, -0.2) is 50.6 Å². The van der Waals surface area contributed by atoms with Gasteiger partial charge in [0.05, 0.1) is 0 Å². The molecule has 0 aliphatic carbocycles. The summed E-state index contributed by atoms with van der Waals surface area (Å²) in [7, 11) is 1.84. The van der Waals surface area contributed by atoms with Crippen LogP contribution in [-0.2, 0) is 5.41 Å². The van der Waals surface area contributed by atoms with Crippen LogP contribution < -0.4 is 10.6 Å². The molecule has 0 aliphatic rings. The highest BCUT2D eigenvalue weighted by Gasteiger charge is 2.21. The average molecular weight is 466 g/mol. The number of guanidine groups is 1. The third kappa shape index (κ3) is 8.67. The predicted octanol–water partition coefficient (Wildman–Crippen LogP) is 3.93. The largest absolute Gasteiger partial charge is 0.356 e. The van der Waals surface area contributed by atoms with Gasteiger partial charge in [-0.2, -0.15) is 0 Å². The summed E-state index contributed by atoms with van der Waals surface area (Å²) in [5.41, 5.74) is 0.120. The third-order valence-electron chi connectivity index (χ3n) is 4.20. The van der Waals surface area contributed by atoms with Crippen LogP contribution >= 0.6 is 35.3 Å². The van der Waals surface area contributed by atoms with Crippen molar-refractivity contribution in [2.24, 2.45) is 4.99 Å². The minimum absolute atomic E-state index is 0. The lowest BCUT2D eigenvalue weighted by atomic mass is 9.91. The van der Waals surface area contributed by atoms with Crippen molar-refractivity contribution >= 4 is 41.3 Å². The van der Waals surface area contributed by atoms with Crippen molar-refractivity contribution in [1.29, 1.82) is 0 Å². The van der Waals surface area contributed by atoms with Gasteiger partial charge >= 0.3 is 0 Å². The highest BCUT2D eigenvalue weighted by molar-refractivity contribution is 14.0. The van der Waals surface area contributed by atoms with E-state index in [-0.39, 0.29) is 29.4 Å². The number of hydrogen-bond acceptors (Lipinski definition) is 3. The zero-order valence-electron chi connectivity index (χ0n) is 15.9. The van der Waals surface area contributed by atoms with Gasteiger partial charge in [-0.3, -0.25) is 4.99 Å². The fourth-order valence-electron chi connectivity index (χ4n) is 2.48. The Bertz CT molecular complexity index is 442. The molecule has 0 aliphatic heterocycles. The van der Waals surface area contributed by atoms with Gasteiger partial charge in [0, 0.05) is 30.4 Å². The summed E-state index contributed by atoms with van der Waals surface area (Å²) in [6, 6.07) is 4.32. The Kier molecular flexibility index (Phi) is 12.8. The summed E-state index contributed by atoms with van der Waals surface area (Å²) in [6.07, 6.45) is 2.40. The first-order valence-corrected chi connectivity index (χ1v) is 9.62. The number of aliphatic imine (C=N–C) groups is 1. The van der Waals surface area contributed by atoms with E-state index in [2.05, 4.69) is 65.7 Å². The smallest absolute Gasteiger partial charge is 0.191 e. The molecule has 0 saturated carbocycles. The van der Waals surface area contributed by atoms with E-state index in [4.69, 9.17) is 0 Å². The number of hydrogen-bond donors (Lipinski definition) is 2. The number of nitrogens with one attached hydrogen (secondary N) is 2. The van der Waals surface area contributed by atoms with Crippen LogP contribution in [0.5, 0.6) is 0 Å². The lowest BCUT2D eigenvalue weighted by molar-refractivity contribution is 0.297. The lowest BCUT2D eigenvalue weighted by Crippen LogP contribution is -2.43. The van der Waals surface area contributed by atoms with E-state index in [1.54, 1.807) is 0 Å². The third-order valence-corrected chi connectivity index (χ3v) is 5.43. The van der Waals surface area contributed by atoms with Gasteiger partial charge in [-0.1, -0.05) is 33.8 Å². The lowest BCUT2D eigenvalue weighted by Gasteiger charge is -2.25. The van der Waals surface area contributed by atoms with Crippen LogP contribution in [0.3, 0.4) is 0 Å². The standard InChI is InChI=1S/C18H34N4S.HI/c1-6-22(7-2)13-9-8-12-20-17(19-5)21-15-18(3,4)16-11-10-14-23-16;/h10-11,14H,6-9,12-13,15H2,1-5H3,(H2,19,20,21);1H. The van der Waals surface area contributed by atoms with E-state index < -0.39 is 0 Å². The van der Waals surface area contributed by atoms with E-state index in [9.17, 15) is 0 Å². The van der Waals surface area contributed by atoms with Crippen molar-refractivity contribution in [3.8, 4) is 0 Å². The number of nitrogens with zero attached hydrogens (tertiary/aromatic N) is 2. The summed E-state index contributed by atoms with van der Waals surface area (Å²) < 4.78 is 0. The average Bonchev–Trinajstić information content (AvgIpc) is 3.09. The second-order valence-corrected chi connectivity index (χ2v) is 7.40. The zero-order valence-corrected chi connectivity index (χ0v) is 19.0. The van der Waals surface area contributed by atoms with Gasteiger partial charge in [0.2, 0.25) is 0 Å². The van der Waals surface area contributed by atoms with Gasteiger partial charge in [0.25, 0.3) is 0 Å². The molecule has 0 atom stereocenters. The van der Waals surface area contributed by atoms with E-state index in [1.165, 1.54) is 24.3 Å². The van der Waals surface area contributed by atoms with E-state index >= 15 is 0 Å². The minimum atomic E-state index is 0. The molecule has 0 fully saturated rings. The van der Waals surface area contributed by atoms with Crippen LogP contribution in [0.2, 0.25) is 0 Å². The van der Waals surface area contributed by atoms with Gasteiger partial charge in [-0.05, 0) is 43.9 Å². The van der Waals surface area contributed by atoms with E-state index in [0.29, 0.717) is 0 Å². The highest BCUT2D eigenvalue weighted by Crippen LogP contribution is 2.26. The maximum atomic E-state index is 4.32. The van der Waals surface area contributed by atoms with Crippen molar-refractivity contribution in [3.63, 3.8) is 0 Å². The molecule has 0 saturated heterocycles. The van der Waals surface area contributed by atoms with E-state index in [0.717, 1.165) is 32.1 Å². The number of halogens is 1. The highest BCUT2D eigenvalue weighted by atomic mass is 127. The van der Waals surface area contributed by atoms with Crippen molar-refractivity contribution < 1.29 is 0 Å². The van der Waals surface area contributed by atoms with Crippen LogP contribution in [0.15, 0.2) is 22.5 Å². The first-order chi connectivity index (χ1) is 11.0. The number of unbranched alkanes of at least 4 members (excludes halogenated alkanes) is 1. The molecule has 0 bridgehead atoms. The molecule has 0 spiro atoms. The molecule has 1 aromatic rings. The molecule has 0 unspecified atom stereocenters. The van der Waals surface area contributed by atoms with Crippen molar-refractivity contribution in [2.75, 3.05) is 39.8 Å². The second-order valence-electron chi connectivity index (χ2n) is 6.45. The van der Waals surface area contributed by atoms with Gasteiger partial charge < -0.3 is 15.5 Å². The summed E-state index contributed by atoms with van der Waals surface area (Å²) >= 11 is 1.82. The molecule has 140 valence electrons. The summed E-state index contributed by atoms with van der Waals surface area (Å²) in [5, 5.41) is 9.01. The number of thiophene rings is 1. The molecule has 0 amide bonds. The van der Waals surface area contributed by atoms with E-state index in [1.807, 2.05) is 18.4 Å². The minimum Gasteiger partial charge on any atom is -0.356 e. The Hall–Kier alpha value is -0.340. The first-order valence-electron chi connectivity index (χ1n) is 8.74. The fraction of sp³-hybridized carbons (Fsp3) is 0.722. The maximum absolute atomic E-state index is 4.32. The molecule has 1 heterocycles. The molecule has 1 rings (SSSR count). The molecular formula is C18H35IN4S. The molecule has 4 nitrogen and oxygen atoms in total. The van der Waals surface area contributed by atoms with Crippen molar-refractivity contribution in [3.05, 3.63) is 22.4 Å². The Morgan fingerprint density at radius 3 is 2.46 bits per heavy atom. The van der Waals surface area contributed by atoms with Gasteiger partial charge in [-0.15, -0.1) is 35.3 Å². The quantitative estimate of drug-likeness (QED) is 0.238. The van der Waals surface area contributed by atoms with Crippen molar-refractivity contribution in [2.45, 2.75) is 46.0 Å². The summed E-state index contributed by atoms with van der Waals surface area (Å²) in [4.78, 5) is 8.20. The SMILES string of the molecule is CCN(CC)CCCCNC(=NC)NCC(C)(C)c1cccs1.I. The Balaban J connectivity index is 0.00000529. The van der Waals surface area contributed by atoms with Gasteiger partial charge in [0.1, 0.15) is 0 Å². The summed E-state index contributed by atoms with van der Waals surface area (Å²) in [6.45, 7) is 14.3. The molecule has 0 aromatic carbocycles. The summed E-state index contributed by atoms with van der Waals surface area (Å²) in [5.74, 6) is 0.900. The predicted molar refractivity (Wildman–Crippen MR) is 119 cm³/mol. The fourth-order valence-corrected chi connectivity index (χ4v) is 3.34.